The molecule has 2 aromatic carbocycles. The Morgan fingerprint density at radius 1 is 1.00 bits per heavy atom. The van der Waals surface area contributed by atoms with Gasteiger partial charge in [0, 0.05) is 10.6 Å². The van der Waals surface area contributed by atoms with E-state index >= 15 is 0 Å². The zero-order valence-electron chi connectivity index (χ0n) is 9.22. The van der Waals surface area contributed by atoms with Crippen molar-refractivity contribution in [2.75, 3.05) is 7.11 Å². The van der Waals surface area contributed by atoms with Crippen LogP contribution in [0.5, 0.6) is 5.75 Å². The van der Waals surface area contributed by atoms with Crippen molar-refractivity contribution in [3.05, 3.63) is 60.2 Å². The van der Waals surface area contributed by atoms with Crippen molar-refractivity contribution < 1.29 is 4.74 Å². The van der Waals surface area contributed by atoms with Gasteiger partial charge >= 0.3 is 0 Å². The average Bonchev–Trinajstić information content (AvgIpc) is 2.38. The molecule has 0 spiro atoms. The summed E-state index contributed by atoms with van der Waals surface area (Å²) >= 11 is 1.82. The first-order valence-corrected chi connectivity index (χ1v) is 6.18. The second-order valence-corrected chi connectivity index (χ2v) is 4.50. The number of rotatable bonds is 4. The lowest BCUT2D eigenvalue weighted by molar-refractivity contribution is 0.413. The molecule has 0 atom stereocenters. The minimum atomic E-state index is 0.915. The van der Waals surface area contributed by atoms with Crippen LogP contribution in [-0.2, 0) is 5.75 Å². The highest BCUT2D eigenvalue weighted by molar-refractivity contribution is 7.98. The number of ether oxygens (including phenoxy) is 1. The first-order valence-electron chi connectivity index (χ1n) is 5.19. The van der Waals surface area contributed by atoms with Crippen molar-refractivity contribution in [3.63, 3.8) is 0 Å². The van der Waals surface area contributed by atoms with Crippen LogP contribution in [0.1, 0.15) is 5.56 Å². The van der Waals surface area contributed by atoms with E-state index in [1.807, 2.05) is 30.0 Å². The SMILES string of the molecule is COc1cccc(SCc2ccccc2)c1. The highest BCUT2D eigenvalue weighted by Crippen LogP contribution is 2.25. The lowest BCUT2D eigenvalue weighted by atomic mass is 10.2. The minimum Gasteiger partial charge on any atom is -0.497 e. The zero-order valence-corrected chi connectivity index (χ0v) is 10.0. The van der Waals surface area contributed by atoms with E-state index in [2.05, 4.69) is 36.4 Å². The number of methoxy groups -OCH3 is 1. The number of thioether (sulfide) groups is 1. The number of hydrogen-bond donors (Lipinski definition) is 0. The molecule has 2 heteroatoms. The molecule has 0 saturated carbocycles. The molecular formula is C14H14OS. The van der Waals surface area contributed by atoms with Crippen molar-refractivity contribution in [3.8, 4) is 5.75 Å². The van der Waals surface area contributed by atoms with Crippen LogP contribution in [0.15, 0.2) is 59.5 Å². The van der Waals surface area contributed by atoms with E-state index in [4.69, 9.17) is 4.74 Å². The number of hydrogen-bond acceptors (Lipinski definition) is 2. The van der Waals surface area contributed by atoms with Gasteiger partial charge in [0.2, 0.25) is 0 Å². The molecule has 0 radical (unpaired) electrons. The van der Waals surface area contributed by atoms with Crippen molar-refractivity contribution >= 4 is 11.8 Å². The van der Waals surface area contributed by atoms with E-state index in [-0.39, 0.29) is 0 Å². The van der Waals surface area contributed by atoms with Gasteiger partial charge in [-0.05, 0) is 23.8 Å². The maximum absolute atomic E-state index is 5.19. The largest absolute Gasteiger partial charge is 0.497 e. The van der Waals surface area contributed by atoms with Gasteiger partial charge in [0.25, 0.3) is 0 Å². The Balaban J connectivity index is 1.99. The summed E-state index contributed by atoms with van der Waals surface area (Å²) in [5.74, 6) is 1.91. The summed E-state index contributed by atoms with van der Waals surface area (Å²) in [6, 6.07) is 18.6. The first-order chi connectivity index (χ1) is 7.88. The highest BCUT2D eigenvalue weighted by atomic mass is 32.2. The predicted octanol–water partition coefficient (Wildman–Crippen LogP) is 3.99. The summed E-state index contributed by atoms with van der Waals surface area (Å²) < 4.78 is 5.19. The summed E-state index contributed by atoms with van der Waals surface area (Å²) in [5.41, 5.74) is 1.34. The Bertz CT molecular complexity index is 439. The van der Waals surface area contributed by atoms with Crippen LogP contribution in [0.4, 0.5) is 0 Å². The molecule has 2 aromatic rings. The molecule has 2 rings (SSSR count). The van der Waals surface area contributed by atoms with E-state index in [9.17, 15) is 0 Å². The lowest BCUT2D eigenvalue weighted by Gasteiger charge is -2.04. The Hall–Kier alpha value is -1.41. The molecule has 0 N–H and O–H groups in total. The van der Waals surface area contributed by atoms with E-state index in [1.165, 1.54) is 10.5 Å². The predicted molar refractivity (Wildman–Crippen MR) is 69.0 cm³/mol. The Labute approximate surface area is 100 Å². The van der Waals surface area contributed by atoms with Crippen molar-refractivity contribution in [2.45, 2.75) is 10.6 Å². The smallest absolute Gasteiger partial charge is 0.119 e. The van der Waals surface area contributed by atoms with Crippen LogP contribution in [0, 0.1) is 0 Å². The molecule has 0 unspecified atom stereocenters. The molecule has 0 heterocycles. The fraction of sp³-hybridized carbons (Fsp3) is 0.143. The van der Waals surface area contributed by atoms with Gasteiger partial charge < -0.3 is 4.74 Å². The molecule has 82 valence electrons. The molecule has 0 bridgehead atoms. The topological polar surface area (TPSA) is 9.23 Å². The number of benzene rings is 2. The van der Waals surface area contributed by atoms with Gasteiger partial charge in [0.15, 0.2) is 0 Å². The van der Waals surface area contributed by atoms with Crippen molar-refractivity contribution in [1.29, 1.82) is 0 Å². The zero-order chi connectivity index (χ0) is 11.2. The van der Waals surface area contributed by atoms with E-state index in [0.29, 0.717) is 0 Å². The van der Waals surface area contributed by atoms with Gasteiger partial charge in [-0.2, -0.15) is 0 Å². The van der Waals surface area contributed by atoms with Crippen LogP contribution in [0.25, 0.3) is 0 Å². The van der Waals surface area contributed by atoms with Crippen LogP contribution in [0.3, 0.4) is 0 Å². The Morgan fingerprint density at radius 2 is 1.81 bits per heavy atom. The van der Waals surface area contributed by atoms with Crippen LogP contribution < -0.4 is 4.74 Å². The van der Waals surface area contributed by atoms with Gasteiger partial charge in [-0.25, -0.2) is 0 Å². The summed E-state index contributed by atoms with van der Waals surface area (Å²) in [4.78, 5) is 1.24. The third-order valence-corrected chi connectivity index (χ3v) is 3.35. The van der Waals surface area contributed by atoms with Gasteiger partial charge in [0.05, 0.1) is 7.11 Å². The monoisotopic (exact) mass is 230 g/mol. The fourth-order valence-corrected chi connectivity index (χ4v) is 2.33. The molecule has 0 aromatic heterocycles. The summed E-state index contributed by atoms with van der Waals surface area (Å²) in [6.45, 7) is 0. The fourth-order valence-electron chi connectivity index (χ4n) is 1.43. The molecule has 1 nitrogen and oxygen atoms in total. The maximum Gasteiger partial charge on any atom is 0.119 e. The highest BCUT2D eigenvalue weighted by Gasteiger charge is 1.97. The van der Waals surface area contributed by atoms with Gasteiger partial charge in [-0.1, -0.05) is 36.4 Å². The Kier molecular flexibility index (Phi) is 3.89. The molecule has 0 saturated heterocycles. The molecular weight excluding hydrogens is 216 g/mol. The quantitative estimate of drug-likeness (QED) is 0.734. The average molecular weight is 230 g/mol. The van der Waals surface area contributed by atoms with Gasteiger partial charge in [0.1, 0.15) is 5.75 Å². The van der Waals surface area contributed by atoms with Crippen molar-refractivity contribution in [2.24, 2.45) is 0 Å². The van der Waals surface area contributed by atoms with Crippen LogP contribution in [-0.4, -0.2) is 7.11 Å². The minimum absolute atomic E-state index is 0.915. The second kappa shape index (κ2) is 5.61. The normalized spacial score (nSPS) is 10.1. The van der Waals surface area contributed by atoms with E-state index in [0.717, 1.165) is 11.5 Å². The second-order valence-electron chi connectivity index (χ2n) is 3.45. The third kappa shape index (κ3) is 3.04. The molecule has 0 aliphatic carbocycles. The standard InChI is InChI=1S/C14H14OS/c1-15-13-8-5-9-14(10-13)16-11-12-6-3-2-4-7-12/h2-10H,11H2,1H3. The summed E-state index contributed by atoms with van der Waals surface area (Å²) in [6.07, 6.45) is 0. The summed E-state index contributed by atoms with van der Waals surface area (Å²) in [7, 11) is 1.70. The molecule has 16 heavy (non-hydrogen) atoms. The first kappa shape index (κ1) is 11.1. The van der Waals surface area contributed by atoms with E-state index < -0.39 is 0 Å². The van der Waals surface area contributed by atoms with Crippen molar-refractivity contribution in [1.82, 2.24) is 0 Å². The summed E-state index contributed by atoms with van der Waals surface area (Å²) in [5, 5.41) is 0. The lowest BCUT2D eigenvalue weighted by Crippen LogP contribution is -1.83. The van der Waals surface area contributed by atoms with Gasteiger partial charge in [-0.15, -0.1) is 11.8 Å². The molecule has 0 aliphatic rings. The maximum atomic E-state index is 5.19. The third-order valence-electron chi connectivity index (χ3n) is 2.29. The van der Waals surface area contributed by atoms with Gasteiger partial charge in [-0.3, -0.25) is 0 Å². The molecule has 0 aliphatic heterocycles. The molecule has 0 fully saturated rings. The Morgan fingerprint density at radius 3 is 2.56 bits per heavy atom. The molecule has 0 amide bonds. The van der Waals surface area contributed by atoms with Crippen LogP contribution >= 0.6 is 11.8 Å². The van der Waals surface area contributed by atoms with Crippen LogP contribution in [0.2, 0.25) is 0 Å². The van der Waals surface area contributed by atoms with E-state index in [1.54, 1.807) is 7.11 Å².